The van der Waals surface area contributed by atoms with Crippen molar-refractivity contribution in [2.45, 2.75) is 25.4 Å². The second-order valence-corrected chi connectivity index (χ2v) is 5.00. The van der Waals surface area contributed by atoms with E-state index < -0.39 is 0 Å². The Bertz CT molecular complexity index is 266. The van der Waals surface area contributed by atoms with Gasteiger partial charge in [0, 0.05) is 38.3 Å². The molecule has 0 aromatic rings. The van der Waals surface area contributed by atoms with Crippen molar-refractivity contribution in [2.24, 2.45) is 5.73 Å². The van der Waals surface area contributed by atoms with Gasteiger partial charge < -0.3 is 16.0 Å². The van der Waals surface area contributed by atoms with Crippen LogP contribution in [-0.4, -0.2) is 60.1 Å². The largest absolute Gasteiger partial charge is 0.336 e. The summed E-state index contributed by atoms with van der Waals surface area (Å²) in [7, 11) is 0. The normalized spacial score (nSPS) is 27.8. The monoisotopic (exact) mass is 212 g/mol. The van der Waals surface area contributed by atoms with Crippen LogP contribution in [0.3, 0.4) is 0 Å². The number of urea groups is 1. The van der Waals surface area contributed by atoms with Crippen molar-refractivity contribution in [1.82, 2.24) is 15.1 Å². The van der Waals surface area contributed by atoms with Crippen molar-refractivity contribution in [3.63, 3.8) is 0 Å². The van der Waals surface area contributed by atoms with Crippen LogP contribution < -0.4 is 11.1 Å². The minimum atomic E-state index is 0.0394. The number of carbonyl (C=O) groups is 1. The van der Waals surface area contributed by atoms with Gasteiger partial charge >= 0.3 is 6.03 Å². The molecule has 2 fully saturated rings. The number of nitrogens with one attached hydrogen (secondary N) is 1. The summed E-state index contributed by atoms with van der Waals surface area (Å²) in [6, 6.07) is 0.419. The first-order chi connectivity index (χ1) is 7.04. The minimum Gasteiger partial charge on any atom is -0.336 e. The van der Waals surface area contributed by atoms with Crippen LogP contribution >= 0.6 is 0 Å². The van der Waals surface area contributed by atoms with E-state index in [1.165, 1.54) is 0 Å². The van der Waals surface area contributed by atoms with Gasteiger partial charge in [-0.15, -0.1) is 0 Å². The molecule has 2 amide bonds. The molecule has 0 aromatic heterocycles. The number of hydrogen-bond donors (Lipinski definition) is 2. The number of carbonyl (C=O) groups excluding carboxylic acids is 1. The van der Waals surface area contributed by atoms with E-state index in [1.54, 1.807) is 0 Å². The standard InChI is InChI=1S/C10H20N4O/c1-10(2,7-11)13-3-4-14-8(6-13)5-12-9(14)15/h8H,3-7,11H2,1-2H3,(H,12,15). The van der Waals surface area contributed by atoms with E-state index in [9.17, 15) is 4.79 Å². The molecule has 0 spiro atoms. The lowest BCUT2D eigenvalue weighted by molar-refractivity contribution is 0.0506. The average molecular weight is 212 g/mol. The van der Waals surface area contributed by atoms with Gasteiger partial charge in [0.05, 0.1) is 6.04 Å². The van der Waals surface area contributed by atoms with Gasteiger partial charge in [0.2, 0.25) is 0 Å². The second-order valence-electron chi connectivity index (χ2n) is 5.00. The predicted molar refractivity (Wildman–Crippen MR) is 58.6 cm³/mol. The van der Waals surface area contributed by atoms with Crippen molar-refractivity contribution in [2.75, 3.05) is 32.7 Å². The van der Waals surface area contributed by atoms with E-state index in [2.05, 4.69) is 24.1 Å². The molecule has 2 heterocycles. The Morgan fingerprint density at radius 1 is 1.53 bits per heavy atom. The highest BCUT2D eigenvalue weighted by Crippen LogP contribution is 2.20. The molecule has 0 aromatic carbocycles. The highest BCUT2D eigenvalue weighted by atomic mass is 16.2. The lowest BCUT2D eigenvalue weighted by atomic mass is 10.0. The summed E-state index contributed by atoms with van der Waals surface area (Å²) >= 11 is 0. The van der Waals surface area contributed by atoms with E-state index in [0.717, 1.165) is 26.2 Å². The molecule has 1 atom stereocenters. The fourth-order valence-electron chi connectivity index (χ4n) is 2.28. The highest BCUT2D eigenvalue weighted by molar-refractivity contribution is 5.77. The van der Waals surface area contributed by atoms with Crippen molar-refractivity contribution >= 4 is 6.03 Å². The summed E-state index contributed by atoms with van der Waals surface area (Å²) in [4.78, 5) is 15.7. The van der Waals surface area contributed by atoms with Crippen LogP contribution in [0.4, 0.5) is 4.79 Å². The Labute approximate surface area is 90.6 Å². The molecular formula is C10H20N4O. The summed E-state index contributed by atoms with van der Waals surface area (Å²) in [6.07, 6.45) is 0. The Hall–Kier alpha value is -0.810. The fourth-order valence-corrected chi connectivity index (χ4v) is 2.28. The molecule has 3 N–H and O–H groups in total. The van der Waals surface area contributed by atoms with Crippen LogP contribution in [0.5, 0.6) is 0 Å². The van der Waals surface area contributed by atoms with Crippen LogP contribution in [0.1, 0.15) is 13.8 Å². The van der Waals surface area contributed by atoms with E-state index in [0.29, 0.717) is 12.6 Å². The van der Waals surface area contributed by atoms with Crippen molar-refractivity contribution in [1.29, 1.82) is 0 Å². The zero-order chi connectivity index (χ0) is 11.1. The maximum Gasteiger partial charge on any atom is 0.317 e. The summed E-state index contributed by atoms with van der Waals surface area (Å²) in [6.45, 7) is 8.42. The van der Waals surface area contributed by atoms with Crippen LogP contribution in [0.2, 0.25) is 0 Å². The second kappa shape index (κ2) is 3.64. The van der Waals surface area contributed by atoms with E-state index in [1.807, 2.05) is 4.90 Å². The molecule has 0 saturated carbocycles. The highest BCUT2D eigenvalue weighted by Gasteiger charge is 2.39. The average Bonchev–Trinajstić information content (AvgIpc) is 2.60. The Kier molecular flexibility index (Phi) is 2.60. The smallest absolute Gasteiger partial charge is 0.317 e. The maximum atomic E-state index is 11.4. The quantitative estimate of drug-likeness (QED) is 0.644. The predicted octanol–water partition coefficient (Wildman–Crippen LogP) is -0.567. The third kappa shape index (κ3) is 1.81. The van der Waals surface area contributed by atoms with Gasteiger partial charge in [-0.3, -0.25) is 4.90 Å². The molecule has 15 heavy (non-hydrogen) atoms. The Morgan fingerprint density at radius 2 is 2.27 bits per heavy atom. The number of nitrogens with two attached hydrogens (primary N) is 1. The van der Waals surface area contributed by atoms with E-state index in [4.69, 9.17) is 5.73 Å². The lowest BCUT2D eigenvalue weighted by Crippen LogP contribution is -2.60. The fraction of sp³-hybridized carbons (Fsp3) is 0.900. The van der Waals surface area contributed by atoms with Gasteiger partial charge in [-0.1, -0.05) is 0 Å². The summed E-state index contributed by atoms with van der Waals surface area (Å²) < 4.78 is 0. The van der Waals surface area contributed by atoms with E-state index >= 15 is 0 Å². The van der Waals surface area contributed by atoms with Gasteiger partial charge in [-0.25, -0.2) is 4.79 Å². The van der Waals surface area contributed by atoms with Gasteiger partial charge in [0.25, 0.3) is 0 Å². The van der Waals surface area contributed by atoms with Crippen LogP contribution in [0.25, 0.3) is 0 Å². The minimum absolute atomic E-state index is 0.0394. The third-order valence-corrected chi connectivity index (χ3v) is 3.59. The zero-order valence-electron chi connectivity index (χ0n) is 9.49. The number of fused-ring (bicyclic) bond motifs is 1. The van der Waals surface area contributed by atoms with Gasteiger partial charge in [-0.2, -0.15) is 0 Å². The van der Waals surface area contributed by atoms with Crippen LogP contribution in [0.15, 0.2) is 0 Å². The van der Waals surface area contributed by atoms with Crippen molar-refractivity contribution in [3.8, 4) is 0 Å². The first-order valence-electron chi connectivity index (χ1n) is 5.54. The molecule has 5 nitrogen and oxygen atoms in total. The summed E-state index contributed by atoms with van der Waals surface area (Å²) in [5, 5.41) is 2.88. The number of piperazine rings is 1. The van der Waals surface area contributed by atoms with Gasteiger partial charge in [0.1, 0.15) is 0 Å². The topological polar surface area (TPSA) is 61.6 Å². The molecule has 1 unspecified atom stereocenters. The number of rotatable bonds is 2. The summed E-state index contributed by atoms with van der Waals surface area (Å²) in [5.41, 5.74) is 5.80. The number of amides is 2. The third-order valence-electron chi connectivity index (χ3n) is 3.59. The van der Waals surface area contributed by atoms with Crippen LogP contribution in [0, 0.1) is 0 Å². The lowest BCUT2D eigenvalue weighted by Gasteiger charge is -2.44. The van der Waals surface area contributed by atoms with E-state index in [-0.39, 0.29) is 11.6 Å². The first kappa shape index (κ1) is 10.7. The molecule has 0 aliphatic carbocycles. The molecule has 2 rings (SSSR count). The molecule has 2 saturated heterocycles. The molecule has 2 aliphatic rings. The summed E-state index contributed by atoms with van der Waals surface area (Å²) in [5.74, 6) is 0. The zero-order valence-corrected chi connectivity index (χ0v) is 9.49. The maximum absolute atomic E-state index is 11.4. The molecule has 5 heteroatoms. The molecular weight excluding hydrogens is 192 g/mol. The Morgan fingerprint density at radius 3 is 2.93 bits per heavy atom. The van der Waals surface area contributed by atoms with Crippen LogP contribution in [-0.2, 0) is 0 Å². The molecule has 0 radical (unpaired) electrons. The molecule has 86 valence electrons. The number of hydrogen-bond acceptors (Lipinski definition) is 3. The van der Waals surface area contributed by atoms with Crippen molar-refractivity contribution < 1.29 is 4.79 Å². The molecule has 2 aliphatic heterocycles. The van der Waals surface area contributed by atoms with Crippen molar-refractivity contribution in [3.05, 3.63) is 0 Å². The molecule has 0 bridgehead atoms. The Balaban J connectivity index is 2.02. The van der Waals surface area contributed by atoms with Gasteiger partial charge in [-0.05, 0) is 13.8 Å². The van der Waals surface area contributed by atoms with Gasteiger partial charge in [0.15, 0.2) is 0 Å². The SMILES string of the molecule is CC(C)(CN)N1CCN2C(=O)NCC2C1. The number of nitrogens with zero attached hydrogens (tertiary/aromatic N) is 2. The first-order valence-corrected chi connectivity index (χ1v) is 5.54.